The number of hydrogen-bond donors (Lipinski definition) is 0. The maximum absolute atomic E-state index is 13.6. The molecular weight excluding hydrogens is 392 g/mol. The summed E-state index contributed by atoms with van der Waals surface area (Å²) in [5, 5.41) is 1.96. The van der Waals surface area contributed by atoms with Gasteiger partial charge in [-0.1, -0.05) is 45.4 Å². The number of likely N-dealkylation sites (tertiary alicyclic amines) is 1. The molecule has 2 aliphatic rings. The van der Waals surface area contributed by atoms with Crippen molar-refractivity contribution in [3.05, 3.63) is 57.9 Å². The molecule has 1 saturated heterocycles. The number of hydrogen-bond acceptors (Lipinski definition) is 4. The van der Waals surface area contributed by atoms with Gasteiger partial charge in [-0.05, 0) is 60.2 Å². The van der Waals surface area contributed by atoms with Gasteiger partial charge in [-0.25, -0.2) is 4.90 Å². The molecular formula is C25H30N2O2S. The van der Waals surface area contributed by atoms with Crippen molar-refractivity contribution in [3.8, 4) is 0 Å². The number of imide groups is 1. The number of piperidine rings is 1. The fourth-order valence-corrected chi connectivity index (χ4v) is 5.49. The van der Waals surface area contributed by atoms with E-state index in [4.69, 9.17) is 0 Å². The van der Waals surface area contributed by atoms with Crippen LogP contribution in [-0.2, 0) is 16.0 Å². The van der Waals surface area contributed by atoms with Gasteiger partial charge in [0, 0.05) is 18.0 Å². The Kier molecular flexibility index (Phi) is 6.09. The summed E-state index contributed by atoms with van der Waals surface area (Å²) in [6, 6.07) is 11.8. The third kappa shape index (κ3) is 3.95. The average Bonchev–Trinajstić information content (AvgIpc) is 3.32. The molecule has 4 rings (SSSR count). The summed E-state index contributed by atoms with van der Waals surface area (Å²) in [5.74, 6) is 0.608. The van der Waals surface area contributed by atoms with E-state index in [-0.39, 0.29) is 11.8 Å². The minimum atomic E-state index is -0.204. The Morgan fingerprint density at radius 2 is 1.70 bits per heavy atom. The van der Waals surface area contributed by atoms with Crippen LogP contribution in [0.3, 0.4) is 0 Å². The van der Waals surface area contributed by atoms with Crippen LogP contribution in [0.2, 0.25) is 0 Å². The molecule has 0 N–H and O–H groups in total. The first kappa shape index (κ1) is 20.9. The van der Waals surface area contributed by atoms with E-state index < -0.39 is 0 Å². The molecule has 0 radical (unpaired) electrons. The van der Waals surface area contributed by atoms with Gasteiger partial charge in [0.15, 0.2) is 0 Å². The second kappa shape index (κ2) is 8.76. The molecule has 3 heterocycles. The monoisotopic (exact) mass is 422 g/mol. The van der Waals surface area contributed by atoms with Crippen LogP contribution in [0.15, 0.2) is 47.5 Å². The lowest BCUT2D eigenvalue weighted by Crippen LogP contribution is -2.42. The standard InChI is InChI=1S/C25H30N2O2S/c1-4-5-7-19-9-11-20(12-10-19)27-24(28)22(21-8-6-13-30-21)23(25(27)29)26-15-17(2)14-18(3)16-26/h6,8-13,17-18H,4-5,7,14-16H2,1-3H3. The molecule has 0 spiro atoms. The molecule has 2 unspecified atom stereocenters. The molecule has 0 bridgehead atoms. The molecule has 1 aromatic heterocycles. The third-order valence-electron chi connectivity index (χ3n) is 6.03. The molecule has 0 aliphatic carbocycles. The van der Waals surface area contributed by atoms with Crippen LogP contribution < -0.4 is 4.90 Å². The summed E-state index contributed by atoms with van der Waals surface area (Å²) in [6.45, 7) is 8.26. The number of thiophene rings is 1. The average molecular weight is 423 g/mol. The van der Waals surface area contributed by atoms with Crippen molar-refractivity contribution in [1.29, 1.82) is 0 Å². The van der Waals surface area contributed by atoms with Gasteiger partial charge in [-0.15, -0.1) is 11.3 Å². The highest BCUT2D eigenvalue weighted by Crippen LogP contribution is 2.38. The molecule has 4 nitrogen and oxygen atoms in total. The van der Waals surface area contributed by atoms with Crippen LogP contribution >= 0.6 is 11.3 Å². The summed E-state index contributed by atoms with van der Waals surface area (Å²) in [5.41, 5.74) is 3.04. The molecule has 158 valence electrons. The molecule has 2 aromatic rings. The van der Waals surface area contributed by atoms with Gasteiger partial charge < -0.3 is 4.90 Å². The molecule has 2 atom stereocenters. The first-order valence-electron chi connectivity index (χ1n) is 11.0. The van der Waals surface area contributed by atoms with Gasteiger partial charge in [0.1, 0.15) is 5.70 Å². The fourth-order valence-electron chi connectivity index (χ4n) is 4.73. The van der Waals surface area contributed by atoms with Crippen molar-refractivity contribution in [2.45, 2.75) is 46.5 Å². The van der Waals surface area contributed by atoms with Crippen LogP contribution in [-0.4, -0.2) is 29.8 Å². The van der Waals surface area contributed by atoms with Crippen LogP contribution in [0.25, 0.3) is 5.57 Å². The van der Waals surface area contributed by atoms with E-state index in [9.17, 15) is 9.59 Å². The highest BCUT2D eigenvalue weighted by atomic mass is 32.1. The van der Waals surface area contributed by atoms with E-state index in [2.05, 4.69) is 25.7 Å². The fraction of sp³-hybridized carbons (Fsp3) is 0.440. The summed E-state index contributed by atoms with van der Waals surface area (Å²) < 4.78 is 0. The van der Waals surface area contributed by atoms with Gasteiger partial charge in [-0.2, -0.15) is 0 Å². The number of unbranched alkanes of at least 4 members (excludes halogenated alkanes) is 1. The minimum Gasteiger partial charge on any atom is -0.366 e. The number of nitrogens with zero attached hydrogens (tertiary/aromatic N) is 2. The third-order valence-corrected chi connectivity index (χ3v) is 6.91. The summed E-state index contributed by atoms with van der Waals surface area (Å²) in [4.78, 5) is 31.5. The molecule has 1 fully saturated rings. The highest BCUT2D eigenvalue weighted by molar-refractivity contribution is 7.11. The number of carbonyl (C=O) groups excluding carboxylic acids is 2. The number of rotatable bonds is 6. The molecule has 5 heteroatoms. The SMILES string of the molecule is CCCCc1ccc(N2C(=O)C(c3cccs3)=C(N3CC(C)CC(C)C3)C2=O)cc1. The minimum absolute atomic E-state index is 0.189. The van der Waals surface area contributed by atoms with E-state index in [1.54, 1.807) is 0 Å². The number of benzene rings is 1. The number of amides is 2. The summed E-state index contributed by atoms with van der Waals surface area (Å²) >= 11 is 1.52. The molecule has 30 heavy (non-hydrogen) atoms. The summed E-state index contributed by atoms with van der Waals surface area (Å²) in [6.07, 6.45) is 4.46. The zero-order valence-electron chi connectivity index (χ0n) is 18.1. The molecule has 2 aliphatic heterocycles. The van der Waals surface area contributed by atoms with Crippen molar-refractivity contribution in [2.75, 3.05) is 18.0 Å². The van der Waals surface area contributed by atoms with Gasteiger partial charge in [-0.3, -0.25) is 9.59 Å². The maximum atomic E-state index is 13.6. The predicted molar refractivity (Wildman–Crippen MR) is 123 cm³/mol. The Hall–Kier alpha value is -2.40. The number of aryl methyl sites for hydroxylation is 1. The second-order valence-electron chi connectivity index (χ2n) is 8.77. The van der Waals surface area contributed by atoms with Crippen LogP contribution in [0.4, 0.5) is 5.69 Å². The largest absolute Gasteiger partial charge is 0.366 e. The van der Waals surface area contributed by atoms with Gasteiger partial charge >= 0.3 is 0 Å². The predicted octanol–water partition coefficient (Wildman–Crippen LogP) is 5.35. The zero-order valence-corrected chi connectivity index (χ0v) is 18.9. The smallest absolute Gasteiger partial charge is 0.282 e. The molecule has 1 aromatic carbocycles. The second-order valence-corrected chi connectivity index (χ2v) is 9.72. The lowest BCUT2D eigenvalue weighted by atomic mass is 9.91. The Morgan fingerprint density at radius 1 is 1.00 bits per heavy atom. The van der Waals surface area contributed by atoms with Crippen LogP contribution in [0.5, 0.6) is 0 Å². The lowest BCUT2D eigenvalue weighted by Gasteiger charge is -2.37. The van der Waals surface area contributed by atoms with Gasteiger partial charge in [0.05, 0.1) is 11.3 Å². The van der Waals surface area contributed by atoms with Crippen molar-refractivity contribution >= 4 is 34.4 Å². The van der Waals surface area contributed by atoms with Crippen molar-refractivity contribution < 1.29 is 9.59 Å². The highest BCUT2D eigenvalue weighted by Gasteiger charge is 2.44. The van der Waals surface area contributed by atoms with Gasteiger partial charge in [0.2, 0.25) is 0 Å². The van der Waals surface area contributed by atoms with Gasteiger partial charge in [0.25, 0.3) is 11.8 Å². The topological polar surface area (TPSA) is 40.6 Å². The van der Waals surface area contributed by atoms with E-state index in [0.717, 1.165) is 43.6 Å². The number of carbonyl (C=O) groups is 2. The normalized spacial score (nSPS) is 22.4. The van der Waals surface area contributed by atoms with Crippen molar-refractivity contribution in [1.82, 2.24) is 4.90 Å². The first-order valence-corrected chi connectivity index (χ1v) is 11.9. The Labute approximate surface area is 183 Å². The Bertz CT molecular complexity index is 936. The maximum Gasteiger partial charge on any atom is 0.282 e. The Balaban J connectivity index is 1.70. The van der Waals surface area contributed by atoms with Crippen LogP contribution in [0, 0.1) is 11.8 Å². The van der Waals surface area contributed by atoms with Crippen molar-refractivity contribution in [3.63, 3.8) is 0 Å². The van der Waals surface area contributed by atoms with E-state index in [1.165, 1.54) is 21.8 Å². The van der Waals surface area contributed by atoms with Crippen molar-refractivity contribution in [2.24, 2.45) is 11.8 Å². The van der Waals surface area contributed by atoms with E-state index in [1.807, 2.05) is 41.8 Å². The van der Waals surface area contributed by atoms with E-state index in [0.29, 0.717) is 28.8 Å². The number of anilines is 1. The van der Waals surface area contributed by atoms with E-state index >= 15 is 0 Å². The Morgan fingerprint density at radius 3 is 2.30 bits per heavy atom. The summed E-state index contributed by atoms with van der Waals surface area (Å²) in [7, 11) is 0. The molecule has 2 amide bonds. The quantitative estimate of drug-likeness (QED) is 0.589. The lowest BCUT2D eigenvalue weighted by molar-refractivity contribution is -0.120. The van der Waals surface area contributed by atoms with Crippen LogP contribution in [0.1, 0.15) is 50.5 Å². The molecule has 0 saturated carbocycles. The zero-order chi connectivity index (χ0) is 21.3. The first-order chi connectivity index (χ1) is 14.5.